The molecule has 0 aliphatic heterocycles. The topological polar surface area (TPSA) is 68.3 Å². The van der Waals surface area contributed by atoms with Crippen LogP contribution < -0.4 is 48.0 Å². The second-order valence-electron chi connectivity index (χ2n) is 0. The third-order valence-corrected chi connectivity index (χ3v) is 0. The van der Waals surface area contributed by atoms with E-state index in [1.165, 1.54) is 0 Å². The molecule has 0 aliphatic carbocycles. The summed E-state index contributed by atoms with van der Waals surface area (Å²) in [6.45, 7) is 18.0. The molecule has 0 unspecified atom stereocenters. The minimum absolute atomic E-state index is 0. The van der Waals surface area contributed by atoms with Crippen LogP contribution in [-0.4, -0.2) is 27.2 Å². The van der Waals surface area contributed by atoms with E-state index in [1.807, 2.05) is 0 Å². The zero-order chi connectivity index (χ0) is 8.00. The molecule has 0 atom stereocenters. The minimum atomic E-state index is 0. The van der Waals surface area contributed by atoms with Crippen molar-refractivity contribution in [3.05, 3.63) is 0 Å². The third kappa shape index (κ3) is 1420. The molecule has 0 heterocycles. The van der Waals surface area contributed by atoms with Crippen LogP contribution in [0.1, 0.15) is 0 Å². The van der Waals surface area contributed by atoms with Crippen LogP contribution >= 0.6 is 0 Å². The summed E-state index contributed by atoms with van der Waals surface area (Å²) in [5, 5.41) is 0. The van der Waals surface area contributed by atoms with Crippen LogP contribution in [0.25, 0.3) is 0 Å². The first-order valence-electron chi connectivity index (χ1n) is 0.816. The summed E-state index contributed by atoms with van der Waals surface area (Å²) in [5.74, 6) is 0. The van der Waals surface area contributed by atoms with E-state index in [4.69, 9.17) is 19.2 Å². The molecule has 63 valence electrons. The quantitative estimate of drug-likeness (QED) is 0.262. The third-order valence-electron chi connectivity index (χ3n) is 0. The van der Waals surface area contributed by atoms with Gasteiger partial charge in [0.1, 0.15) is 0 Å². The van der Waals surface area contributed by atoms with Gasteiger partial charge in [0.05, 0.1) is 0 Å². The van der Waals surface area contributed by atoms with Gasteiger partial charge >= 0.3 is 19.5 Å². The molecule has 0 bridgehead atoms. The van der Waals surface area contributed by atoms with Crippen LogP contribution in [0.15, 0.2) is 0 Å². The summed E-state index contributed by atoms with van der Waals surface area (Å²) in [7, 11) is 0. The molecular weight excluding hydrogens is 469 g/mol. The van der Waals surface area contributed by atoms with Crippen LogP contribution in [0.2, 0.25) is 0 Å². The Morgan fingerprint density at radius 3 is 0.455 bits per heavy atom. The van der Waals surface area contributed by atoms with E-state index in [2.05, 4.69) is 27.2 Å². The van der Waals surface area contributed by atoms with Crippen LogP contribution in [0.3, 0.4) is 0 Å². The van der Waals surface area contributed by atoms with E-state index in [9.17, 15) is 0 Å². The summed E-state index contributed by atoms with van der Waals surface area (Å²) in [6, 6.07) is 0. The molecule has 4 nitrogen and oxygen atoms in total. The van der Waals surface area contributed by atoms with E-state index < -0.39 is 0 Å². The summed E-state index contributed by atoms with van der Waals surface area (Å²) >= 11 is 0. The van der Waals surface area contributed by atoms with Crippen LogP contribution in [0.4, 0.5) is 0 Å². The Kier molecular flexibility index (Phi) is 9610. The first-order chi connectivity index (χ1) is 4.00. The van der Waals surface area contributed by atoms with E-state index in [0.717, 1.165) is 0 Å². The Labute approximate surface area is 113 Å². The van der Waals surface area contributed by atoms with Gasteiger partial charge in [0, 0.05) is 0 Å². The molecule has 0 aromatic rings. The molecule has 11 heavy (non-hydrogen) atoms. The van der Waals surface area contributed by atoms with Gasteiger partial charge in [-0.15, -0.1) is 0 Å². The summed E-state index contributed by atoms with van der Waals surface area (Å²) in [4.78, 5) is 30.0. The molecule has 0 rings (SSSR count). The van der Waals surface area contributed by atoms with Gasteiger partial charge in [0.15, 0.2) is 0 Å². The summed E-state index contributed by atoms with van der Waals surface area (Å²) in [5.41, 5.74) is 0. The van der Waals surface area contributed by atoms with Crippen molar-refractivity contribution in [2.75, 3.05) is 0 Å². The van der Waals surface area contributed by atoms with Gasteiger partial charge < -0.3 is 48.0 Å². The van der Waals surface area contributed by atoms with E-state index in [0.29, 0.717) is 0 Å². The number of hydrogen-bond donors (Lipinski definition) is 0. The molecule has 0 fully saturated rings. The van der Waals surface area contributed by atoms with E-state index >= 15 is 0 Å². The molecule has 0 saturated carbocycles. The van der Waals surface area contributed by atoms with Crippen molar-refractivity contribution in [3.8, 4) is 0 Å². The number of halogens is 2. The molecule has 0 aromatic heterocycles. The molecule has 0 N–H and O–H groups in total. The van der Waals surface area contributed by atoms with Gasteiger partial charge in [-0.05, 0) is 0 Å². The van der Waals surface area contributed by atoms with Crippen LogP contribution in [0.5, 0.6) is 0 Å². The Balaban J connectivity index is -0.00000000356. The minimum Gasteiger partial charge on any atom is -1.00 e. The molecule has 0 aliphatic rings. The van der Waals surface area contributed by atoms with Crippen molar-refractivity contribution in [1.82, 2.24) is 0 Å². The van der Waals surface area contributed by atoms with Crippen molar-refractivity contribution in [3.63, 3.8) is 0 Å². The normalized spacial score (nSPS) is 1.45. The maximum Gasteiger partial charge on any atom is 2.00 e. The van der Waals surface area contributed by atoms with Gasteiger partial charge in [-0.3, -0.25) is 19.2 Å². The zero-order valence-electron chi connectivity index (χ0n) is 4.72. The number of carbonyl (C=O) groups excluding carboxylic acids is 4. The number of hydrogen-bond acceptors (Lipinski definition) is 4. The summed E-state index contributed by atoms with van der Waals surface area (Å²) < 4.78 is 0. The van der Waals surface area contributed by atoms with Gasteiger partial charge in [0.2, 0.25) is 0 Å². The maximum atomic E-state index is 7.50. The molecule has 7 heteroatoms. The molecule has 0 aromatic carbocycles. The first-order valence-corrected chi connectivity index (χ1v) is 0.816. The first kappa shape index (κ1) is 60.1. The SMILES string of the molecule is [C]=O.[C]=O.[C]=O.[C]=O.[I-].[I-].[Rh+2]. The standard InChI is InChI=1S/4CO.2HI.Rh/c4*1-2;;;/h;;;;2*1H;/q;;;;;;+2/p-2. The predicted octanol–water partition coefficient (Wildman–Crippen LogP) is -7.58. The Morgan fingerprint density at radius 1 is 0.455 bits per heavy atom. The Bertz CT molecular complexity index is 28.1. The van der Waals surface area contributed by atoms with Gasteiger partial charge in [-0.2, -0.15) is 0 Å². The van der Waals surface area contributed by atoms with Crippen molar-refractivity contribution in [1.29, 1.82) is 0 Å². The predicted molar refractivity (Wildman–Crippen MR) is 22.8 cm³/mol. The average molecular weight is 469 g/mol. The van der Waals surface area contributed by atoms with Crippen LogP contribution in [-0.2, 0) is 38.7 Å². The fourth-order valence-corrected chi connectivity index (χ4v) is 0. The smallest absolute Gasteiger partial charge is 1.00 e. The fraction of sp³-hybridized carbons (Fsp3) is 0. The largest absolute Gasteiger partial charge is 2.00 e. The van der Waals surface area contributed by atoms with Gasteiger partial charge in [-0.1, -0.05) is 0 Å². The molecule has 0 amide bonds. The second-order valence-corrected chi connectivity index (χ2v) is 0. The average Bonchev–Trinajstić information content (AvgIpc) is 2.03. The maximum absolute atomic E-state index is 7.50. The fourth-order valence-electron chi connectivity index (χ4n) is 0. The molecule has 0 saturated heterocycles. The van der Waals surface area contributed by atoms with Gasteiger partial charge in [0.25, 0.3) is 27.2 Å². The second kappa shape index (κ2) is 1760. The van der Waals surface area contributed by atoms with Crippen molar-refractivity contribution < 1.29 is 86.6 Å². The summed E-state index contributed by atoms with van der Waals surface area (Å²) in [6.07, 6.45) is 0. The van der Waals surface area contributed by atoms with E-state index in [1.54, 1.807) is 0 Å². The van der Waals surface area contributed by atoms with Crippen molar-refractivity contribution in [2.24, 2.45) is 0 Å². The Hall–Kier alpha value is 0.763. The van der Waals surface area contributed by atoms with Crippen molar-refractivity contribution in [2.45, 2.75) is 0 Å². The molecule has 0 spiro atoms. The van der Waals surface area contributed by atoms with E-state index in [-0.39, 0.29) is 67.4 Å². The zero-order valence-corrected chi connectivity index (χ0v) is 10.7. The number of rotatable bonds is 0. The monoisotopic (exact) mass is 469 g/mol. The molecular formula is C4I2O4Rh. The molecule has 9 radical (unpaired) electrons. The van der Waals surface area contributed by atoms with Crippen molar-refractivity contribution >= 4 is 27.2 Å². The van der Waals surface area contributed by atoms with Gasteiger partial charge in [-0.25, -0.2) is 0 Å². The van der Waals surface area contributed by atoms with Crippen LogP contribution in [0, 0.1) is 0 Å². The Morgan fingerprint density at radius 2 is 0.455 bits per heavy atom.